The number of H-pyrrole nitrogens is 4. The molecule has 4 aliphatic carbocycles. The van der Waals surface area contributed by atoms with E-state index in [1.807, 2.05) is 115 Å². The van der Waals surface area contributed by atoms with E-state index in [9.17, 15) is 19.2 Å². The largest absolute Gasteiger partial charge is 0.384 e. The molecule has 8 fully saturated rings. The van der Waals surface area contributed by atoms with E-state index in [4.69, 9.17) is 35.3 Å². The number of carbonyl (C=O) groups excluding carboxylic acids is 4. The first-order chi connectivity index (χ1) is 68.1. The smallest absolute Gasteiger partial charge is 0.254 e. The summed E-state index contributed by atoms with van der Waals surface area (Å²) in [6, 6.07) is 55.6. The molecule has 12 aromatic rings. The minimum atomic E-state index is -1.50. The zero-order valence-electron chi connectivity index (χ0n) is 81.5. The van der Waals surface area contributed by atoms with Gasteiger partial charge >= 0.3 is 0 Å². The molecule has 4 aromatic heterocycles. The Morgan fingerprint density at radius 3 is 1.04 bits per heavy atom. The van der Waals surface area contributed by atoms with Gasteiger partial charge in [0.05, 0.1) is 71.6 Å². The van der Waals surface area contributed by atoms with Gasteiger partial charge in [0.15, 0.2) is 23.3 Å². The van der Waals surface area contributed by atoms with Gasteiger partial charge in [-0.15, -0.1) is 0 Å². The number of imidazole rings is 1. The molecule has 8 heterocycles. The number of alkyl halides is 1. The van der Waals surface area contributed by atoms with Crippen molar-refractivity contribution in [1.82, 2.24) is 75.1 Å². The highest BCUT2D eigenvalue weighted by Crippen LogP contribution is 2.48. The zero-order chi connectivity index (χ0) is 97.7. The number of aromatic nitrogens is 11. The average Bonchev–Trinajstić information content (AvgIpc) is 1.27. The molecular weight excluding hydrogens is 1750 g/mol. The van der Waals surface area contributed by atoms with Crippen molar-refractivity contribution in [3.05, 3.63) is 286 Å². The number of nitrogens with zero attached hydrogens (tertiary/aromatic N) is 15. The first kappa shape index (κ1) is 97.7. The monoisotopic (exact) mass is 1880 g/mol. The maximum Gasteiger partial charge on any atom is 0.254 e. The van der Waals surface area contributed by atoms with Crippen LogP contribution in [0.3, 0.4) is 0 Å². The topological polar surface area (TPSA) is 357 Å². The van der Waals surface area contributed by atoms with E-state index in [1.54, 1.807) is 50.5 Å². The number of piperidine rings is 4. The van der Waals surface area contributed by atoms with Crippen LogP contribution in [0.5, 0.6) is 0 Å². The number of rotatable bonds is 23. The van der Waals surface area contributed by atoms with Gasteiger partial charge in [0, 0.05) is 137 Å². The lowest BCUT2D eigenvalue weighted by Crippen LogP contribution is -2.43. The number of nitrogens with one attached hydrogen (secondary N) is 4. The van der Waals surface area contributed by atoms with E-state index in [2.05, 4.69) is 141 Å². The fourth-order valence-corrected chi connectivity index (χ4v) is 21.0. The van der Waals surface area contributed by atoms with Gasteiger partial charge in [-0.25, -0.2) is 24.3 Å². The van der Waals surface area contributed by atoms with Gasteiger partial charge in [-0.1, -0.05) is 98.5 Å². The standard InChI is InChI=1S/C29H32FN5O2.C29H32N4O2.C28H31N5O2.C27H29N5O/c1-19-16-24(21-4-3-5-21)25(27-32-26(33-34-27)10-15-37-2)17-23(19)28(36)35-13-11-29(30,12-14-35)22-8-6-20(18-31)7-9-22;1-19-14-26(23-4-3-5-23)27(28-31-17-24(32-28)18-35-2)15-25(19)29(34)33-12-10-22(11-13-33)21-8-6-20(16-30)7-9-21;1-18-14-24(22-4-3-5-22)25(27-30-26(17-35-2)31-32-27)15-23(18)28(34)33-12-10-21(11-13-33)20-8-6-19(16-29)7-9-20;1-17-14-24(22-4-3-5-22)25(26-29-18(2)30-31-26)15-23(17)27(33)32-12-10-21(11-13-32)20-8-6-19(16-28)7-9-20/h6-9,16-17,21H,3-5,10-15H2,1-2H3,(H,32,33,34);6-9,14-15,17,22-23H,3-5,10-13,18H2,1-2H3,(H,31,32);6-9,14-15,21-22H,3-5,10-13,17H2,1-2H3,(H,30,31,32);6-9,14-15,21-22H,3-5,10-13H2,1-2H3,(H,29,30,31). The predicted molar refractivity (Wildman–Crippen MR) is 533 cm³/mol. The number of amides is 4. The van der Waals surface area contributed by atoms with Crippen molar-refractivity contribution in [3.63, 3.8) is 0 Å². The lowest BCUT2D eigenvalue weighted by molar-refractivity contribution is 0.0420. The first-order valence-electron chi connectivity index (χ1n) is 49.8. The highest BCUT2D eigenvalue weighted by atomic mass is 19.1. The molecular formula is C113H124FN19O7. The highest BCUT2D eigenvalue weighted by Gasteiger charge is 2.40. The molecule has 8 aromatic carbocycles. The predicted octanol–water partition coefficient (Wildman–Crippen LogP) is 21.2. The Kier molecular flexibility index (Phi) is 31.0. The molecule has 4 N–H and O–H groups in total. The van der Waals surface area contributed by atoms with Crippen molar-refractivity contribution in [1.29, 1.82) is 21.0 Å². The van der Waals surface area contributed by atoms with Crippen LogP contribution in [0.25, 0.3) is 45.6 Å². The maximum atomic E-state index is 15.8. The third kappa shape index (κ3) is 22.0. The summed E-state index contributed by atoms with van der Waals surface area (Å²) in [5.74, 6) is 8.42. The van der Waals surface area contributed by atoms with E-state index in [0.29, 0.717) is 137 Å². The Bertz CT molecular complexity index is 6400. The number of ether oxygens (including phenoxy) is 3. The molecule has 140 heavy (non-hydrogen) atoms. The molecule has 0 bridgehead atoms. The summed E-state index contributed by atoms with van der Waals surface area (Å²) in [6.45, 7) is 16.5. The maximum absolute atomic E-state index is 15.8. The van der Waals surface area contributed by atoms with Crippen LogP contribution < -0.4 is 0 Å². The lowest BCUT2D eigenvalue weighted by Gasteiger charge is -2.37. The number of carbonyl (C=O) groups is 4. The van der Waals surface area contributed by atoms with Crippen molar-refractivity contribution in [2.45, 2.75) is 230 Å². The van der Waals surface area contributed by atoms with Crippen LogP contribution in [0.1, 0.15) is 323 Å². The van der Waals surface area contributed by atoms with Crippen molar-refractivity contribution >= 4 is 23.6 Å². The molecule has 4 saturated carbocycles. The zero-order valence-corrected chi connectivity index (χ0v) is 81.5. The molecule has 0 unspecified atom stereocenters. The van der Waals surface area contributed by atoms with Gasteiger partial charge in [0.2, 0.25) is 0 Å². The van der Waals surface area contributed by atoms with E-state index in [1.165, 1.54) is 90.3 Å². The minimum absolute atomic E-state index is 0.0786. The summed E-state index contributed by atoms with van der Waals surface area (Å²) in [6.07, 6.45) is 22.8. The number of hydrogen-bond donors (Lipinski definition) is 4. The molecule has 27 heteroatoms. The van der Waals surface area contributed by atoms with Crippen molar-refractivity contribution in [2.75, 3.05) is 80.3 Å². The Balaban J connectivity index is 0.000000129. The molecule has 0 spiro atoms. The number of hydrogen-bond acceptors (Lipinski definition) is 18. The van der Waals surface area contributed by atoms with E-state index >= 15 is 4.39 Å². The van der Waals surface area contributed by atoms with Crippen LogP contribution in [0, 0.1) is 79.9 Å². The molecule has 720 valence electrons. The SMILES string of the molecule is COCCc1nc(-c2cc(C(=O)N3CCC(F)(c4ccc(C#N)cc4)CC3)c(C)cc2C2CCC2)n[nH]1.COCc1cnc(-c2cc(C(=O)N3CCC(c4ccc(C#N)cc4)CC3)c(C)cc2C2CCC2)[nH]1.COCc1nc(-c2cc(C(=O)N3CCC(c4ccc(C#N)cc4)CC3)c(C)cc2C2CCC2)n[nH]1.Cc1nc(-c2cc(C(=O)N3CCC(c4ccc(C#N)cc4)CC3)c(C)cc2C2CCC2)n[nH]1. The molecule has 0 radical (unpaired) electrons. The fraction of sp³-hybridized carbons (Fsp3) is 0.425. The number of benzene rings is 8. The Morgan fingerprint density at radius 2 is 0.707 bits per heavy atom. The highest BCUT2D eigenvalue weighted by molar-refractivity contribution is 6.00. The third-order valence-electron chi connectivity index (χ3n) is 30.3. The van der Waals surface area contributed by atoms with Crippen LogP contribution >= 0.6 is 0 Å². The second-order valence-electron chi connectivity index (χ2n) is 39.2. The number of aryl methyl sites for hydroxylation is 5. The summed E-state index contributed by atoms with van der Waals surface area (Å²) in [5, 5.41) is 58.3. The second kappa shape index (κ2) is 44.5. The van der Waals surface area contributed by atoms with Gasteiger partial charge in [-0.05, 0) is 305 Å². The van der Waals surface area contributed by atoms with Crippen LogP contribution in [-0.4, -0.2) is 179 Å². The van der Waals surface area contributed by atoms with E-state index in [0.717, 1.165) is 188 Å². The minimum Gasteiger partial charge on any atom is -0.384 e. The fourth-order valence-electron chi connectivity index (χ4n) is 21.0. The molecule has 4 amide bonds. The van der Waals surface area contributed by atoms with Crippen LogP contribution in [-0.2, 0) is 39.5 Å². The van der Waals surface area contributed by atoms with Gasteiger partial charge in [-0.2, -0.15) is 36.3 Å². The van der Waals surface area contributed by atoms with Gasteiger partial charge in [0.25, 0.3) is 23.6 Å². The van der Waals surface area contributed by atoms with Crippen molar-refractivity contribution in [2.24, 2.45) is 0 Å². The number of nitriles is 4. The summed E-state index contributed by atoms with van der Waals surface area (Å²) in [5.41, 5.74) is 22.1. The number of methoxy groups -OCH3 is 3. The molecule has 8 aliphatic rings. The van der Waals surface area contributed by atoms with Crippen LogP contribution in [0.2, 0.25) is 0 Å². The molecule has 20 rings (SSSR count). The Hall–Kier alpha value is -14.0. The van der Waals surface area contributed by atoms with Crippen LogP contribution in [0.15, 0.2) is 152 Å². The first-order valence-corrected chi connectivity index (χ1v) is 49.8. The molecule has 26 nitrogen and oxygen atoms in total. The third-order valence-corrected chi connectivity index (χ3v) is 30.3. The second-order valence-corrected chi connectivity index (χ2v) is 39.2. The lowest BCUT2D eigenvalue weighted by atomic mass is 9.77. The van der Waals surface area contributed by atoms with Gasteiger partial charge in [0.1, 0.15) is 29.7 Å². The summed E-state index contributed by atoms with van der Waals surface area (Å²) < 4.78 is 31.4. The number of aromatic amines is 4. The van der Waals surface area contributed by atoms with Crippen molar-refractivity contribution in [3.8, 4) is 69.8 Å². The van der Waals surface area contributed by atoms with E-state index in [-0.39, 0.29) is 36.5 Å². The summed E-state index contributed by atoms with van der Waals surface area (Å²) in [7, 11) is 4.96. The quantitative estimate of drug-likeness (QED) is 0.0462. The van der Waals surface area contributed by atoms with E-state index < -0.39 is 5.67 Å². The van der Waals surface area contributed by atoms with Gasteiger partial charge < -0.3 is 38.8 Å². The molecule has 0 atom stereocenters. The normalized spacial score (nSPS) is 16.9. The summed E-state index contributed by atoms with van der Waals surface area (Å²) >= 11 is 0. The summed E-state index contributed by atoms with van der Waals surface area (Å²) in [4.78, 5) is 84.1. The molecule has 4 aliphatic heterocycles. The Labute approximate surface area is 819 Å². The number of halogens is 1. The van der Waals surface area contributed by atoms with Crippen molar-refractivity contribution < 1.29 is 37.8 Å². The molecule has 4 saturated heterocycles. The van der Waals surface area contributed by atoms with Crippen LogP contribution in [0.4, 0.5) is 4.39 Å². The Morgan fingerprint density at radius 1 is 0.386 bits per heavy atom. The number of likely N-dealkylation sites (tertiary alicyclic amines) is 4. The average molecular weight is 1880 g/mol. The van der Waals surface area contributed by atoms with Gasteiger partial charge in [-0.3, -0.25) is 34.5 Å².